The lowest BCUT2D eigenvalue weighted by Gasteiger charge is -2.22. The fourth-order valence-electron chi connectivity index (χ4n) is 1.52. The van der Waals surface area contributed by atoms with Crippen molar-refractivity contribution in [3.8, 4) is 0 Å². The van der Waals surface area contributed by atoms with E-state index in [0.717, 1.165) is 19.5 Å². The Bertz CT molecular complexity index is 250. The smallest absolute Gasteiger partial charge is 0.239 e. The molecule has 1 atom stereocenters. The van der Waals surface area contributed by atoms with E-state index in [9.17, 15) is 0 Å². The first-order valence-electron chi connectivity index (χ1n) is 4.23. The summed E-state index contributed by atoms with van der Waals surface area (Å²) in [5, 5.41) is 7.39. The Kier molecular flexibility index (Phi) is 1.95. The summed E-state index contributed by atoms with van der Waals surface area (Å²) in [6, 6.07) is 0.434. The molecule has 0 amide bonds. The van der Waals surface area contributed by atoms with Gasteiger partial charge in [-0.15, -0.1) is 5.10 Å². The molecule has 5 nitrogen and oxygen atoms in total. The van der Waals surface area contributed by atoms with Gasteiger partial charge in [-0.25, -0.2) is 9.67 Å². The molecule has 1 unspecified atom stereocenters. The van der Waals surface area contributed by atoms with Crippen molar-refractivity contribution in [1.82, 2.24) is 20.1 Å². The zero-order valence-corrected chi connectivity index (χ0v) is 6.90. The summed E-state index contributed by atoms with van der Waals surface area (Å²) < 4.78 is 1.85. The summed E-state index contributed by atoms with van der Waals surface area (Å²) in [5.74, 6) is 0.362. The normalized spacial score (nSPS) is 24.2. The maximum absolute atomic E-state index is 5.42. The fourth-order valence-corrected chi connectivity index (χ4v) is 1.52. The number of nitrogen functional groups attached to an aromatic ring is 1. The van der Waals surface area contributed by atoms with Crippen molar-refractivity contribution in [1.29, 1.82) is 0 Å². The largest absolute Gasteiger partial charge is 0.367 e. The molecule has 5 heteroatoms. The van der Waals surface area contributed by atoms with E-state index >= 15 is 0 Å². The van der Waals surface area contributed by atoms with E-state index in [4.69, 9.17) is 5.73 Å². The second-order valence-electron chi connectivity index (χ2n) is 3.08. The molecular formula is C7H13N5. The minimum atomic E-state index is 0.362. The molecule has 0 bridgehead atoms. The van der Waals surface area contributed by atoms with E-state index in [1.807, 2.05) is 4.68 Å². The second kappa shape index (κ2) is 3.10. The average molecular weight is 167 g/mol. The highest BCUT2D eigenvalue weighted by molar-refractivity contribution is 5.09. The Hall–Kier alpha value is -1.10. The van der Waals surface area contributed by atoms with Gasteiger partial charge in [-0.3, -0.25) is 0 Å². The Morgan fingerprint density at radius 3 is 3.17 bits per heavy atom. The van der Waals surface area contributed by atoms with E-state index in [0.29, 0.717) is 12.0 Å². The second-order valence-corrected chi connectivity index (χ2v) is 3.08. The summed E-state index contributed by atoms with van der Waals surface area (Å²) in [6.07, 6.45) is 4.06. The van der Waals surface area contributed by atoms with E-state index in [1.165, 1.54) is 6.42 Å². The van der Waals surface area contributed by atoms with Gasteiger partial charge in [-0.2, -0.15) is 0 Å². The highest BCUT2D eigenvalue weighted by Crippen LogP contribution is 2.14. The molecule has 0 saturated carbocycles. The van der Waals surface area contributed by atoms with Gasteiger partial charge in [0.25, 0.3) is 0 Å². The van der Waals surface area contributed by atoms with Crippen molar-refractivity contribution in [2.75, 3.05) is 18.8 Å². The number of hydrogen-bond acceptors (Lipinski definition) is 4. The number of nitrogens with one attached hydrogen (secondary N) is 1. The summed E-state index contributed by atoms with van der Waals surface area (Å²) in [7, 11) is 0. The quantitative estimate of drug-likeness (QED) is 0.607. The molecule has 0 aliphatic carbocycles. The van der Waals surface area contributed by atoms with E-state index in [-0.39, 0.29) is 0 Å². The minimum Gasteiger partial charge on any atom is -0.367 e. The van der Waals surface area contributed by atoms with Gasteiger partial charge in [-0.1, -0.05) is 0 Å². The fraction of sp³-hybridized carbons (Fsp3) is 0.714. The molecule has 3 N–H and O–H groups in total. The first-order valence-corrected chi connectivity index (χ1v) is 4.23. The zero-order chi connectivity index (χ0) is 8.39. The topological polar surface area (TPSA) is 68.8 Å². The number of hydrogen-bond donors (Lipinski definition) is 2. The molecule has 1 aliphatic rings. The number of nitrogens with two attached hydrogens (primary N) is 1. The van der Waals surface area contributed by atoms with Crippen LogP contribution in [-0.4, -0.2) is 27.9 Å². The monoisotopic (exact) mass is 167 g/mol. The zero-order valence-electron chi connectivity index (χ0n) is 6.90. The molecule has 1 saturated heterocycles. The molecule has 0 spiro atoms. The Labute approximate surface area is 71.0 Å². The molecule has 66 valence electrons. The Morgan fingerprint density at radius 2 is 2.58 bits per heavy atom. The maximum Gasteiger partial charge on any atom is 0.239 e. The lowest BCUT2D eigenvalue weighted by molar-refractivity contribution is 0.346. The minimum absolute atomic E-state index is 0.362. The first kappa shape index (κ1) is 7.54. The van der Waals surface area contributed by atoms with Crippen molar-refractivity contribution in [3.05, 3.63) is 6.33 Å². The molecular weight excluding hydrogens is 154 g/mol. The van der Waals surface area contributed by atoms with Gasteiger partial charge < -0.3 is 11.1 Å². The highest BCUT2D eigenvalue weighted by Gasteiger charge is 2.15. The third-order valence-electron chi connectivity index (χ3n) is 2.17. The lowest BCUT2D eigenvalue weighted by atomic mass is 10.1. The van der Waals surface area contributed by atoms with Crippen LogP contribution in [0.3, 0.4) is 0 Å². The predicted octanol–water partition coefficient (Wildman–Crippen LogP) is -0.215. The molecule has 1 aromatic heterocycles. The number of aromatic nitrogens is 3. The van der Waals surface area contributed by atoms with Gasteiger partial charge >= 0.3 is 0 Å². The Balaban J connectivity index is 2.08. The van der Waals surface area contributed by atoms with Crippen LogP contribution in [0.5, 0.6) is 0 Å². The van der Waals surface area contributed by atoms with Gasteiger partial charge in [0.15, 0.2) is 0 Å². The van der Waals surface area contributed by atoms with Crippen molar-refractivity contribution in [3.63, 3.8) is 0 Å². The summed E-state index contributed by atoms with van der Waals surface area (Å²) in [4.78, 5) is 3.89. The average Bonchev–Trinajstić information content (AvgIpc) is 2.54. The molecule has 1 fully saturated rings. The van der Waals surface area contributed by atoms with Gasteiger partial charge in [0, 0.05) is 6.54 Å². The van der Waals surface area contributed by atoms with Gasteiger partial charge in [0.2, 0.25) is 5.95 Å². The van der Waals surface area contributed by atoms with Gasteiger partial charge in [0.05, 0.1) is 6.04 Å². The molecule has 1 aliphatic heterocycles. The molecule has 0 radical (unpaired) electrons. The van der Waals surface area contributed by atoms with Gasteiger partial charge in [0.1, 0.15) is 6.33 Å². The van der Waals surface area contributed by atoms with Gasteiger partial charge in [-0.05, 0) is 19.4 Å². The van der Waals surface area contributed by atoms with Crippen molar-refractivity contribution in [2.45, 2.75) is 18.9 Å². The van der Waals surface area contributed by atoms with Crippen LogP contribution >= 0.6 is 0 Å². The molecule has 12 heavy (non-hydrogen) atoms. The molecule has 2 heterocycles. The van der Waals surface area contributed by atoms with Crippen LogP contribution in [0, 0.1) is 0 Å². The standard InChI is InChI=1S/C7H13N5/c8-7-10-5-12(11-7)6-2-1-3-9-4-6/h5-6,9H,1-4H2,(H2,8,11). The lowest BCUT2D eigenvalue weighted by Crippen LogP contribution is -2.31. The van der Waals surface area contributed by atoms with Crippen molar-refractivity contribution >= 4 is 5.95 Å². The summed E-state index contributed by atoms with van der Waals surface area (Å²) >= 11 is 0. The number of anilines is 1. The molecule has 2 rings (SSSR count). The first-order chi connectivity index (χ1) is 5.86. The summed E-state index contributed by atoms with van der Waals surface area (Å²) in [5.41, 5.74) is 5.42. The third-order valence-corrected chi connectivity index (χ3v) is 2.17. The van der Waals surface area contributed by atoms with Crippen LogP contribution in [-0.2, 0) is 0 Å². The Morgan fingerprint density at radius 1 is 1.67 bits per heavy atom. The van der Waals surface area contributed by atoms with Crippen LogP contribution < -0.4 is 11.1 Å². The molecule has 1 aromatic rings. The van der Waals surface area contributed by atoms with E-state index < -0.39 is 0 Å². The number of nitrogens with zero attached hydrogens (tertiary/aromatic N) is 3. The van der Waals surface area contributed by atoms with Crippen LogP contribution in [0.15, 0.2) is 6.33 Å². The molecule has 0 aromatic carbocycles. The summed E-state index contributed by atoms with van der Waals surface area (Å²) in [6.45, 7) is 2.09. The van der Waals surface area contributed by atoms with E-state index in [1.54, 1.807) is 6.33 Å². The van der Waals surface area contributed by atoms with Crippen LogP contribution in [0.25, 0.3) is 0 Å². The number of piperidine rings is 1. The van der Waals surface area contributed by atoms with Crippen LogP contribution in [0.1, 0.15) is 18.9 Å². The number of rotatable bonds is 1. The highest BCUT2D eigenvalue weighted by atomic mass is 15.4. The van der Waals surface area contributed by atoms with Crippen molar-refractivity contribution in [2.24, 2.45) is 0 Å². The van der Waals surface area contributed by atoms with E-state index in [2.05, 4.69) is 15.4 Å². The van der Waals surface area contributed by atoms with Crippen LogP contribution in [0.4, 0.5) is 5.95 Å². The SMILES string of the molecule is Nc1ncn(C2CCCNC2)n1. The third kappa shape index (κ3) is 1.40. The maximum atomic E-state index is 5.42. The van der Waals surface area contributed by atoms with Crippen LogP contribution in [0.2, 0.25) is 0 Å². The predicted molar refractivity (Wildman–Crippen MR) is 45.6 cm³/mol. The van der Waals surface area contributed by atoms with Crippen molar-refractivity contribution < 1.29 is 0 Å².